The van der Waals surface area contributed by atoms with Gasteiger partial charge in [-0.2, -0.15) is 0 Å². The Kier molecular flexibility index (Phi) is 7.17. The molecule has 1 rings (SSSR count). The van der Waals surface area contributed by atoms with Gasteiger partial charge < -0.3 is 10.6 Å². The molecular weight excluding hydrogens is 354 g/mol. The second-order valence-electron chi connectivity index (χ2n) is 4.83. The highest BCUT2D eigenvalue weighted by Gasteiger charge is 2.13. The summed E-state index contributed by atoms with van der Waals surface area (Å²) in [5.41, 5.74) is 0. The van der Waals surface area contributed by atoms with Crippen molar-refractivity contribution in [2.75, 3.05) is 18.8 Å². The van der Waals surface area contributed by atoms with E-state index in [-0.39, 0.29) is 18.3 Å². The lowest BCUT2D eigenvalue weighted by molar-refractivity contribution is 0.595. The Labute approximate surface area is 135 Å². The summed E-state index contributed by atoms with van der Waals surface area (Å²) < 4.78 is 25.2. The summed E-state index contributed by atoms with van der Waals surface area (Å²) in [4.78, 5) is 4.61. The molecular formula is C14H22BrN3O2S. The van der Waals surface area contributed by atoms with Crippen molar-refractivity contribution >= 4 is 31.7 Å². The molecule has 1 aromatic rings. The van der Waals surface area contributed by atoms with E-state index in [1.807, 2.05) is 20.8 Å². The molecule has 7 heteroatoms. The van der Waals surface area contributed by atoms with Crippen LogP contribution in [0.15, 0.2) is 38.6 Å². The van der Waals surface area contributed by atoms with Gasteiger partial charge in [0.2, 0.25) is 0 Å². The van der Waals surface area contributed by atoms with Gasteiger partial charge in [0.25, 0.3) is 0 Å². The highest BCUT2D eigenvalue weighted by molar-refractivity contribution is 9.10. The monoisotopic (exact) mass is 375 g/mol. The standard InChI is InChI=1S/C14H22BrN3O2S/c1-4-16-14(18-11(2)3)17-9-10-21(19,20)13-7-5-12(15)6-8-13/h5-8,11H,4,9-10H2,1-3H3,(H2,16,17,18). The first-order valence-electron chi connectivity index (χ1n) is 6.88. The molecule has 118 valence electrons. The Hall–Kier alpha value is -1.08. The summed E-state index contributed by atoms with van der Waals surface area (Å²) >= 11 is 3.29. The van der Waals surface area contributed by atoms with Crippen LogP contribution in [0.2, 0.25) is 0 Å². The van der Waals surface area contributed by atoms with Crippen LogP contribution >= 0.6 is 15.9 Å². The zero-order valence-corrected chi connectivity index (χ0v) is 15.0. The van der Waals surface area contributed by atoms with Gasteiger partial charge in [-0.1, -0.05) is 15.9 Å². The molecule has 0 radical (unpaired) electrons. The fourth-order valence-electron chi connectivity index (χ4n) is 1.63. The second kappa shape index (κ2) is 8.38. The number of hydrogen-bond acceptors (Lipinski definition) is 3. The first kappa shape index (κ1) is 18.0. The molecule has 0 aromatic heterocycles. The first-order valence-corrected chi connectivity index (χ1v) is 9.33. The van der Waals surface area contributed by atoms with Gasteiger partial charge in [-0.3, -0.25) is 4.99 Å². The Bertz CT molecular complexity index is 568. The summed E-state index contributed by atoms with van der Waals surface area (Å²) in [6.45, 7) is 6.94. The molecule has 0 heterocycles. The maximum Gasteiger partial charge on any atom is 0.191 e. The van der Waals surface area contributed by atoms with Gasteiger partial charge in [0, 0.05) is 17.1 Å². The normalized spacial score (nSPS) is 12.5. The lowest BCUT2D eigenvalue weighted by Crippen LogP contribution is -2.41. The van der Waals surface area contributed by atoms with Gasteiger partial charge in [-0.05, 0) is 45.0 Å². The number of nitrogens with zero attached hydrogens (tertiary/aromatic N) is 1. The molecule has 21 heavy (non-hydrogen) atoms. The minimum absolute atomic E-state index is 0.0106. The molecule has 0 saturated carbocycles. The van der Waals surface area contributed by atoms with Crippen LogP contribution < -0.4 is 10.6 Å². The molecule has 0 aliphatic carbocycles. The zero-order valence-electron chi connectivity index (χ0n) is 12.6. The predicted octanol–water partition coefficient (Wildman–Crippen LogP) is 2.19. The lowest BCUT2D eigenvalue weighted by Gasteiger charge is -2.13. The van der Waals surface area contributed by atoms with Crippen LogP contribution in [0.3, 0.4) is 0 Å². The summed E-state index contributed by atoms with van der Waals surface area (Å²) in [6, 6.07) is 6.88. The minimum atomic E-state index is -3.30. The van der Waals surface area contributed by atoms with Crippen molar-refractivity contribution in [2.45, 2.75) is 31.7 Å². The van der Waals surface area contributed by atoms with E-state index in [0.717, 1.165) is 11.0 Å². The minimum Gasteiger partial charge on any atom is -0.357 e. The van der Waals surface area contributed by atoms with Crippen LogP contribution in [0.5, 0.6) is 0 Å². The molecule has 0 saturated heterocycles. The van der Waals surface area contributed by atoms with Crippen LogP contribution in [0.4, 0.5) is 0 Å². The summed E-state index contributed by atoms with van der Waals surface area (Å²) in [6.07, 6.45) is 0. The van der Waals surface area contributed by atoms with Crippen LogP contribution in [0, 0.1) is 0 Å². The van der Waals surface area contributed by atoms with Crippen LogP contribution in [-0.2, 0) is 9.84 Å². The Morgan fingerprint density at radius 2 is 1.90 bits per heavy atom. The summed E-state index contributed by atoms with van der Waals surface area (Å²) in [5, 5.41) is 6.24. The fourth-order valence-corrected chi connectivity index (χ4v) is 3.01. The highest BCUT2D eigenvalue weighted by Crippen LogP contribution is 2.15. The number of sulfone groups is 1. The second-order valence-corrected chi connectivity index (χ2v) is 7.86. The summed E-state index contributed by atoms with van der Waals surface area (Å²) in [7, 11) is -3.30. The average molecular weight is 376 g/mol. The molecule has 5 nitrogen and oxygen atoms in total. The Balaban J connectivity index is 2.69. The average Bonchev–Trinajstić information content (AvgIpc) is 2.38. The number of hydrogen-bond donors (Lipinski definition) is 2. The van der Waals surface area contributed by atoms with Gasteiger partial charge >= 0.3 is 0 Å². The number of guanidine groups is 1. The topological polar surface area (TPSA) is 70.6 Å². The van der Waals surface area contributed by atoms with Gasteiger partial charge in [0.05, 0.1) is 17.2 Å². The third kappa shape index (κ3) is 6.48. The van der Waals surface area contributed by atoms with Crippen LogP contribution in [0.1, 0.15) is 20.8 Å². The van der Waals surface area contributed by atoms with E-state index in [2.05, 4.69) is 31.6 Å². The number of benzene rings is 1. The van der Waals surface area contributed by atoms with Crippen LogP contribution in [-0.4, -0.2) is 39.3 Å². The van der Waals surface area contributed by atoms with Gasteiger partial charge in [0.15, 0.2) is 15.8 Å². The Morgan fingerprint density at radius 1 is 1.29 bits per heavy atom. The smallest absolute Gasteiger partial charge is 0.191 e. The molecule has 2 N–H and O–H groups in total. The molecule has 0 unspecified atom stereocenters. The zero-order chi connectivity index (χ0) is 15.9. The quantitative estimate of drug-likeness (QED) is 0.590. The third-order valence-electron chi connectivity index (χ3n) is 2.57. The predicted molar refractivity (Wildman–Crippen MR) is 90.4 cm³/mol. The maximum absolute atomic E-state index is 12.2. The van der Waals surface area contributed by atoms with E-state index in [4.69, 9.17) is 0 Å². The van der Waals surface area contributed by atoms with Crippen LogP contribution in [0.25, 0.3) is 0 Å². The van der Waals surface area contributed by atoms with E-state index < -0.39 is 9.84 Å². The summed E-state index contributed by atoms with van der Waals surface area (Å²) in [5.74, 6) is 0.627. The molecule has 0 amide bonds. The van der Waals surface area contributed by atoms with E-state index in [0.29, 0.717) is 10.9 Å². The van der Waals surface area contributed by atoms with E-state index in [1.165, 1.54) is 0 Å². The highest BCUT2D eigenvalue weighted by atomic mass is 79.9. The van der Waals surface area contributed by atoms with Crippen molar-refractivity contribution < 1.29 is 8.42 Å². The SMILES string of the molecule is CCNC(=NCCS(=O)(=O)c1ccc(Br)cc1)NC(C)C. The third-order valence-corrected chi connectivity index (χ3v) is 4.81. The number of halogens is 1. The van der Waals surface area contributed by atoms with Gasteiger partial charge in [0.1, 0.15) is 0 Å². The molecule has 0 fully saturated rings. The molecule has 0 spiro atoms. The molecule has 0 aliphatic heterocycles. The van der Waals surface area contributed by atoms with Crippen molar-refractivity contribution in [3.63, 3.8) is 0 Å². The van der Waals surface area contributed by atoms with E-state index >= 15 is 0 Å². The van der Waals surface area contributed by atoms with Crippen molar-refractivity contribution in [1.82, 2.24) is 10.6 Å². The molecule has 0 atom stereocenters. The molecule has 0 bridgehead atoms. The van der Waals surface area contributed by atoms with Crippen molar-refractivity contribution in [1.29, 1.82) is 0 Å². The Morgan fingerprint density at radius 3 is 2.43 bits per heavy atom. The molecule has 1 aromatic carbocycles. The lowest BCUT2D eigenvalue weighted by atomic mass is 10.4. The molecule has 0 aliphatic rings. The van der Waals surface area contributed by atoms with Crippen molar-refractivity contribution in [3.8, 4) is 0 Å². The van der Waals surface area contributed by atoms with E-state index in [1.54, 1.807) is 24.3 Å². The number of rotatable bonds is 6. The van der Waals surface area contributed by atoms with Crippen molar-refractivity contribution in [2.24, 2.45) is 4.99 Å². The number of nitrogens with one attached hydrogen (secondary N) is 2. The van der Waals surface area contributed by atoms with Crippen molar-refractivity contribution in [3.05, 3.63) is 28.7 Å². The maximum atomic E-state index is 12.2. The van der Waals surface area contributed by atoms with Gasteiger partial charge in [-0.25, -0.2) is 8.42 Å². The van der Waals surface area contributed by atoms with E-state index in [9.17, 15) is 8.42 Å². The number of aliphatic imine (C=N–C) groups is 1. The fraction of sp³-hybridized carbons (Fsp3) is 0.500. The largest absolute Gasteiger partial charge is 0.357 e. The van der Waals surface area contributed by atoms with Gasteiger partial charge in [-0.15, -0.1) is 0 Å². The first-order chi connectivity index (χ1) is 9.85.